The van der Waals surface area contributed by atoms with Crippen LogP contribution < -0.4 is 9.44 Å². The molecule has 0 aromatic rings. The first-order valence-corrected chi connectivity index (χ1v) is 9.50. The van der Waals surface area contributed by atoms with Crippen LogP contribution in [0.2, 0.25) is 0 Å². The summed E-state index contributed by atoms with van der Waals surface area (Å²) in [6.07, 6.45) is 2.59. The summed E-state index contributed by atoms with van der Waals surface area (Å²) in [6, 6.07) is -0.120. The Morgan fingerprint density at radius 1 is 1.24 bits per heavy atom. The minimum Gasteiger partial charge on any atom is -0.350 e. The van der Waals surface area contributed by atoms with E-state index < -0.39 is 25.6 Å². The zero-order chi connectivity index (χ0) is 16.1. The molecule has 1 saturated carbocycles. The van der Waals surface area contributed by atoms with Gasteiger partial charge in [-0.15, -0.1) is 0 Å². The minimum absolute atomic E-state index is 0.120. The molecule has 1 aliphatic rings. The van der Waals surface area contributed by atoms with Crippen molar-refractivity contribution in [3.05, 3.63) is 12.7 Å². The Kier molecular flexibility index (Phi) is 6.32. The van der Waals surface area contributed by atoms with Crippen LogP contribution in [0.4, 0.5) is 0 Å². The van der Waals surface area contributed by atoms with Gasteiger partial charge in [-0.05, 0) is 38.7 Å². The molecular formula is C11H20N2O6S2. The van der Waals surface area contributed by atoms with Crippen molar-refractivity contribution in [1.82, 2.24) is 9.44 Å². The lowest BCUT2D eigenvalue weighted by Gasteiger charge is -2.28. The molecule has 0 saturated heterocycles. The quantitative estimate of drug-likeness (QED) is 0.620. The van der Waals surface area contributed by atoms with E-state index in [4.69, 9.17) is 0 Å². The van der Waals surface area contributed by atoms with Crippen LogP contribution in [-0.4, -0.2) is 40.6 Å². The Morgan fingerprint density at radius 2 is 1.81 bits per heavy atom. The van der Waals surface area contributed by atoms with Gasteiger partial charge in [0.25, 0.3) is 0 Å². The molecule has 1 rings (SSSR count). The summed E-state index contributed by atoms with van der Waals surface area (Å²) < 4.78 is 52.6. The maximum atomic E-state index is 12.0. The molecule has 0 aromatic heterocycles. The predicted octanol–water partition coefficient (Wildman–Crippen LogP) is -0.199. The van der Waals surface area contributed by atoms with Crippen LogP contribution >= 0.6 is 0 Å². The van der Waals surface area contributed by atoms with Crippen molar-refractivity contribution in [3.63, 3.8) is 0 Å². The highest BCUT2D eigenvalue weighted by atomic mass is 32.3. The second-order valence-corrected chi connectivity index (χ2v) is 8.24. The van der Waals surface area contributed by atoms with Crippen molar-refractivity contribution in [1.29, 1.82) is 0 Å². The van der Waals surface area contributed by atoms with Gasteiger partial charge in [0.05, 0.1) is 11.9 Å². The Hall–Kier alpha value is -0.970. The molecule has 0 heterocycles. The summed E-state index contributed by atoms with van der Waals surface area (Å²) >= 11 is 0. The van der Waals surface area contributed by atoms with Crippen molar-refractivity contribution < 1.29 is 25.8 Å². The zero-order valence-corrected chi connectivity index (χ0v) is 13.4. The second-order valence-electron chi connectivity index (χ2n) is 4.68. The van der Waals surface area contributed by atoms with Crippen molar-refractivity contribution in [3.8, 4) is 0 Å². The Morgan fingerprint density at radius 3 is 2.29 bits per heavy atom. The second kappa shape index (κ2) is 7.34. The first kappa shape index (κ1) is 18.1. The van der Waals surface area contributed by atoms with Crippen molar-refractivity contribution in [2.24, 2.45) is 0 Å². The van der Waals surface area contributed by atoms with Gasteiger partial charge in [0.1, 0.15) is 0 Å². The third kappa shape index (κ3) is 5.73. The van der Waals surface area contributed by atoms with Gasteiger partial charge in [0, 0.05) is 6.04 Å². The summed E-state index contributed by atoms with van der Waals surface area (Å²) in [5.41, 5.74) is 0. The summed E-state index contributed by atoms with van der Waals surface area (Å²) in [4.78, 5) is 11.2. The fourth-order valence-corrected chi connectivity index (χ4v) is 5.25. The molecule has 2 N–H and O–H groups in total. The lowest BCUT2D eigenvalue weighted by molar-refractivity contribution is -0.117. The van der Waals surface area contributed by atoms with Gasteiger partial charge in [-0.25, -0.2) is 8.42 Å². The van der Waals surface area contributed by atoms with Gasteiger partial charge in [-0.2, -0.15) is 8.42 Å². The summed E-state index contributed by atoms with van der Waals surface area (Å²) in [5, 5.41) is 1.88. The number of hydrogen-bond acceptors (Lipinski definition) is 6. The standard InChI is InChI=1S/C11H20N2O6S2/c1-3-11(14)12-9-5-7-10(8-6-9)20(15,16)13-21(17,18)19-4-2/h3,9-10,13H,1,4-8H2,2H3,(H,12,14). The zero-order valence-electron chi connectivity index (χ0n) is 11.7. The normalized spacial score (nSPS) is 23.5. The van der Waals surface area contributed by atoms with Crippen LogP contribution in [0, 0.1) is 0 Å². The third-order valence-corrected chi connectivity index (χ3v) is 6.78. The van der Waals surface area contributed by atoms with Crippen molar-refractivity contribution >= 4 is 26.2 Å². The van der Waals surface area contributed by atoms with E-state index >= 15 is 0 Å². The molecule has 8 nitrogen and oxygen atoms in total. The first-order chi connectivity index (χ1) is 9.70. The number of carbonyl (C=O) groups is 1. The molecule has 1 aliphatic carbocycles. The molecule has 0 aromatic carbocycles. The van der Waals surface area contributed by atoms with Crippen molar-refractivity contribution in [2.45, 2.75) is 43.9 Å². The van der Waals surface area contributed by atoms with Crippen LogP contribution in [0.15, 0.2) is 12.7 Å². The molecular weight excluding hydrogens is 320 g/mol. The highest BCUT2D eigenvalue weighted by Gasteiger charge is 2.34. The highest BCUT2D eigenvalue weighted by Crippen LogP contribution is 2.24. The van der Waals surface area contributed by atoms with E-state index in [2.05, 4.69) is 16.1 Å². The van der Waals surface area contributed by atoms with E-state index in [0.29, 0.717) is 12.8 Å². The predicted molar refractivity (Wildman–Crippen MR) is 77.0 cm³/mol. The summed E-state index contributed by atoms with van der Waals surface area (Å²) in [6.45, 7) is 4.64. The van der Waals surface area contributed by atoms with E-state index in [1.807, 2.05) is 0 Å². The van der Waals surface area contributed by atoms with Gasteiger partial charge < -0.3 is 5.32 Å². The number of carbonyl (C=O) groups excluding carboxylic acids is 1. The molecule has 21 heavy (non-hydrogen) atoms. The van der Waals surface area contributed by atoms with E-state index in [-0.39, 0.29) is 31.4 Å². The molecule has 0 atom stereocenters. The smallest absolute Gasteiger partial charge is 0.349 e. The Labute approximate surface area is 125 Å². The number of amides is 1. The van der Waals surface area contributed by atoms with Gasteiger partial charge in [0.2, 0.25) is 15.9 Å². The molecule has 122 valence electrons. The maximum absolute atomic E-state index is 12.0. The fourth-order valence-electron chi connectivity index (χ4n) is 2.17. The fraction of sp³-hybridized carbons (Fsp3) is 0.727. The van der Waals surface area contributed by atoms with Gasteiger partial charge >= 0.3 is 10.3 Å². The van der Waals surface area contributed by atoms with E-state index in [1.54, 1.807) is 4.13 Å². The highest BCUT2D eigenvalue weighted by molar-refractivity contribution is 8.03. The van der Waals surface area contributed by atoms with Crippen LogP contribution in [0.3, 0.4) is 0 Å². The monoisotopic (exact) mass is 340 g/mol. The molecule has 0 unspecified atom stereocenters. The maximum Gasteiger partial charge on any atom is 0.349 e. The molecule has 0 aliphatic heterocycles. The van der Waals surface area contributed by atoms with Crippen LogP contribution in [0.5, 0.6) is 0 Å². The Bertz CT molecular complexity index is 576. The lowest BCUT2D eigenvalue weighted by atomic mass is 9.95. The largest absolute Gasteiger partial charge is 0.350 e. The molecule has 0 bridgehead atoms. The van der Waals surface area contributed by atoms with Gasteiger partial charge in [-0.1, -0.05) is 10.7 Å². The summed E-state index contributed by atoms with van der Waals surface area (Å²) in [7, 11) is -8.31. The number of rotatable bonds is 7. The molecule has 0 spiro atoms. The summed E-state index contributed by atoms with van der Waals surface area (Å²) in [5.74, 6) is -0.307. The average molecular weight is 340 g/mol. The topological polar surface area (TPSA) is 119 Å². The van der Waals surface area contributed by atoms with Crippen LogP contribution in [-0.2, 0) is 29.3 Å². The molecule has 1 amide bonds. The van der Waals surface area contributed by atoms with Crippen LogP contribution in [0.1, 0.15) is 32.6 Å². The number of hydrogen-bond donors (Lipinski definition) is 2. The first-order valence-electron chi connectivity index (χ1n) is 6.55. The van der Waals surface area contributed by atoms with Crippen LogP contribution in [0.25, 0.3) is 0 Å². The average Bonchev–Trinajstić information content (AvgIpc) is 2.37. The third-order valence-electron chi connectivity index (χ3n) is 3.14. The Balaban J connectivity index is 2.60. The molecule has 1 fully saturated rings. The minimum atomic E-state index is -4.30. The number of nitrogens with one attached hydrogen (secondary N) is 2. The molecule has 10 heteroatoms. The van der Waals surface area contributed by atoms with E-state index in [0.717, 1.165) is 6.08 Å². The number of sulfonamides is 1. The lowest BCUT2D eigenvalue weighted by Crippen LogP contribution is -2.44. The van der Waals surface area contributed by atoms with Crippen molar-refractivity contribution in [2.75, 3.05) is 6.61 Å². The SMILES string of the molecule is C=CC(=O)NC1CCC(S(=O)(=O)NS(=O)(=O)OCC)CC1. The van der Waals surface area contributed by atoms with Gasteiger partial charge in [-0.3, -0.25) is 8.98 Å². The van der Waals surface area contributed by atoms with E-state index in [1.165, 1.54) is 6.92 Å². The molecule has 0 radical (unpaired) electrons. The van der Waals surface area contributed by atoms with Gasteiger partial charge in [0.15, 0.2) is 0 Å². The van der Waals surface area contributed by atoms with E-state index in [9.17, 15) is 21.6 Å².